The monoisotopic (exact) mass is 529 g/mol. The van der Waals surface area contributed by atoms with Crippen molar-refractivity contribution in [2.24, 2.45) is 11.8 Å². The lowest BCUT2D eigenvalue weighted by molar-refractivity contribution is -0.140. The maximum absolute atomic E-state index is 14.1. The molecule has 0 aromatic heterocycles. The Morgan fingerprint density at radius 2 is 1.86 bits per heavy atom. The topological polar surface area (TPSA) is 98.7 Å². The minimum absolute atomic E-state index is 0.0404. The third-order valence-electron chi connectivity index (χ3n) is 8.53. The standard InChI is InChI=1S/C29H43N3O4S/c1-4-12-20(2)31-26(35)24-29-16-15-28(3,37-29)22(25(34)30-19-21-13-8-7-9-14-21)23(29)27(36)32(24)17-10-5-6-11-18-33/h7-9,13-14,20,22-24,33H,4-6,10-12,15-19H2,1-3H3,(H,30,34)(H,31,35)/t20?,22-,23+,24?,28+,29?/m1/s1. The van der Waals surface area contributed by atoms with E-state index in [1.807, 2.05) is 37.3 Å². The molecule has 0 aliphatic carbocycles. The van der Waals surface area contributed by atoms with Crippen molar-refractivity contribution in [2.45, 2.75) is 100 Å². The van der Waals surface area contributed by atoms with E-state index in [2.05, 4.69) is 24.5 Å². The number of hydrogen-bond acceptors (Lipinski definition) is 5. The maximum Gasteiger partial charge on any atom is 0.244 e. The number of carbonyl (C=O) groups excluding carboxylic acids is 3. The highest BCUT2D eigenvalue weighted by atomic mass is 32.2. The molecule has 6 atom stereocenters. The number of aliphatic hydroxyl groups is 1. The number of aliphatic hydroxyl groups excluding tert-OH is 1. The molecule has 8 heteroatoms. The molecule has 3 unspecified atom stereocenters. The summed E-state index contributed by atoms with van der Waals surface area (Å²) in [4.78, 5) is 43.3. The van der Waals surface area contributed by atoms with Gasteiger partial charge in [-0.05, 0) is 51.5 Å². The fraction of sp³-hybridized carbons (Fsp3) is 0.690. The van der Waals surface area contributed by atoms with Gasteiger partial charge < -0.3 is 20.6 Å². The number of carbonyl (C=O) groups is 3. The summed E-state index contributed by atoms with van der Waals surface area (Å²) >= 11 is 1.72. The Morgan fingerprint density at radius 1 is 1.14 bits per heavy atom. The van der Waals surface area contributed by atoms with Crippen LogP contribution >= 0.6 is 11.8 Å². The second-order valence-corrected chi connectivity index (χ2v) is 13.2. The SMILES string of the molecule is CCCC(C)NC(=O)C1N(CCCCCCO)C(=O)[C@@H]2[C@H](C(=O)NCc3ccccc3)[C@]3(C)CCC12S3. The van der Waals surface area contributed by atoms with Crippen molar-refractivity contribution >= 4 is 29.5 Å². The van der Waals surface area contributed by atoms with Crippen LogP contribution in [0.15, 0.2) is 30.3 Å². The van der Waals surface area contributed by atoms with Gasteiger partial charge in [0.1, 0.15) is 6.04 Å². The van der Waals surface area contributed by atoms with Gasteiger partial charge in [0.2, 0.25) is 17.7 Å². The summed E-state index contributed by atoms with van der Waals surface area (Å²) in [6, 6.07) is 9.30. The summed E-state index contributed by atoms with van der Waals surface area (Å²) in [6.45, 7) is 7.34. The van der Waals surface area contributed by atoms with Gasteiger partial charge in [0.15, 0.2) is 0 Å². The number of thioether (sulfide) groups is 1. The molecular weight excluding hydrogens is 486 g/mol. The van der Waals surface area contributed by atoms with E-state index >= 15 is 0 Å². The fourth-order valence-electron chi connectivity index (χ4n) is 6.84. The number of benzene rings is 1. The minimum Gasteiger partial charge on any atom is -0.396 e. The zero-order valence-electron chi connectivity index (χ0n) is 22.5. The van der Waals surface area contributed by atoms with E-state index in [-0.39, 0.29) is 35.1 Å². The largest absolute Gasteiger partial charge is 0.396 e. The number of hydrogen-bond donors (Lipinski definition) is 3. The molecule has 3 heterocycles. The first-order valence-electron chi connectivity index (χ1n) is 14.0. The number of unbranched alkanes of at least 4 members (excludes halogenated alkanes) is 3. The van der Waals surface area contributed by atoms with Crippen LogP contribution in [0.3, 0.4) is 0 Å². The van der Waals surface area contributed by atoms with Crippen LogP contribution in [0.1, 0.15) is 77.7 Å². The van der Waals surface area contributed by atoms with Crippen molar-refractivity contribution in [1.82, 2.24) is 15.5 Å². The average molecular weight is 530 g/mol. The van der Waals surface area contributed by atoms with Crippen LogP contribution in [-0.2, 0) is 20.9 Å². The van der Waals surface area contributed by atoms with Gasteiger partial charge >= 0.3 is 0 Å². The summed E-state index contributed by atoms with van der Waals surface area (Å²) in [5.74, 6) is -1.13. The van der Waals surface area contributed by atoms with Crippen LogP contribution in [0, 0.1) is 11.8 Å². The van der Waals surface area contributed by atoms with Crippen LogP contribution in [0.5, 0.6) is 0 Å². The van der Waals surface area contributed by atoms with Gasteiger partial charge in [-0.1, -0.05) is 56.5 Å². The summed E-state index contributed by atoms with van der Waals surface area (Å²) in [5, 5.41) is 15.4. The number of rotatable bonds is 13. The Bertz CT molecular complexity index is 975. The molecule has 7 nitrogen and oxygen atoms in total. The van der Waals surface area contributed by atoms with Gasteiger partial charge in [-0.15, -0.1) is 11.8 Å². The van der Waals surface area contributed by atoms with E-state index in [0.29, 0.717) is 13.1 Å². The number of nitrogens with zero attached hydrogens (tertiary/aromatic N) is 1. The first-order valence-corrected chi connectivity index (χ1v) is 14.8. The van der Waals surface area contributed by atoms with Crippen molar-refractivity contribution in [3.63, 3.8) is 0 Å². The minimum atomic E-state index is -0.568. The smallest absolute Gasteiger partial charge is 0.244 e. The number of amides is 3. The van der Waals surface area contributed by atoms with Crippen molar-refractivity contribution in [3.05, 3.63) is 35.9 Å². The Balaban J connectivity index is 1.58. The molecule has 204 valence electrons. The lowest BCUT2D eigenvalue weighted by atomic mass is 9.66. The summed E-state index contributed by atoms with van der Waals surface area (Å²) in [7, 11) is 0. The van der Waals surface area contributed by atoms with Gasteiger partial charge in [0, 0.05) is 30.5 Å². The van der Waals surface area contributed by atoms with Crippen molar-refractivity contribution < 1.29 is 19.5 Å². The lowest BCUT2D eigenvalue weighted by Gasteiger charge is -2.35. The zero-order chi connectivity index (χ0) is 26.6. The Kier molecular flexibility index (Phi) is 8.89. The van der Waals surface area contributed by atoms with E-state index in [0.717, 1.165) is 56.9 Å². The molecule has 0 saturated carbocycles. The van der Waals surface area contributed by atoms with Gasteiger partial charge in [0.05, 0.1) is 16.6 Å². The number of nitrogens with one attached hydrogen (secondary N) is 2. The molecular formula is C29H43N3O4S. The van der Waals surface area contributed by atoms with Crippen LogP contribution in [-0.4, -0.2) is 62.5 Å². The van der Waals surface area contributed by atoms with Gasteiger partial charge in [-0.25, -0.2) is 0 Å². The molecule has 1 aromatic rings. The second-order valence-electron chi connectivity index (χ2n) is 11.3. The average Bonchev–Trinajstić information content (AvgIpc) is 3.44. The van der Waals surface area contributed by atoms with Crippen molar-refractivity contribution in [3.8, 4) is 0 Å². The highest BCUT2D eigenvalue weighted by Gasteiger charge is 2.76. The molecule has 3 saturated heterocycles. The van der Waals surface area contributed by atoms with Gasteiger partial charge in [0.25, 0.3) is 0 Å². The van der Waals surface area contributed by atoms with Crippen LogP contribution in [0.25, 0.3) is 0 Å². The molecule has 37 heavy (non-hydrogen) atoms. The fourth-order valence-corrected chi connectivity index (χ4v) is 9.19. The van der Waals surface area contributed by atoms with E-state index in [1.165, 1.54) is 0 Å². The van der Waals surface area contributed by atoms with Crippen LogP contribution in [0.4, 0.5) is 0 Å². The predicted molar refractivity (Wildman–Crippen MR) is 147 cm³/mol. The number of likely N-dealkylation sites (tertiary alicyclic amines) is 1. The predicted octanol–water partition coefficient (Wildman–Crippen LogP) is 3.64. The lowest BCUT2D eigenvalue weighted by Crippen LogP contribution is -2.55. The highest BCUT2D eigenvalue weighted by Crippen LogP contribution is 2.71. The van der Waals surface area contributed by atoms with Crippen molar-refractivity contribution in [1.29, 1.82) is 0 Å². The van der Waals surface area contributed by atoms with Crippen LogP contribution < -0.4 is 10.6 Å². The molecule has 0 radical (unpaired) electrons. The van der Waals surface area contributed by atoms with E-state index in [4.69, 9.17) is 5.11 Å². The summed E-state index contributed by atoms with van der Waals surface area (Å²) in [5.41, 5.74) is 1.02. The third-order valence-corrected chi connectivity index (χ3v) is 10.5. The van der Waals surface area contributed by atoms with E-state index in [1.54, 1.807) is 16.7 Å². The molecule has 3 fully saturated rings. The quantitative estimate of drug-likeness (QED) is 0.339. The van der Waals surface area contributed by atoms with Gasteiger partial charge in [-0.3, -0.25) is 14.4 Å². The Hall–Kier alpha value is -2.06. The van der Waals surface area contributed by atoms with Crippen molar-refractivity contribution in [2.75, 3.05) is 13.2 Å². The third kappa shape index (κ3) is 5.42. The molecule has 1 aromatic carbocycles. The second kappa shape index (κ2) is 11.8. The summed E-state index contributed by atoms with van der Waals surface area (Å²) in [6.07, 6.45) is 6.79. The first-order chi connectivity index (χ1) is 17.8. The van der Waals surface area contributed by atoms with E-state index < -0.39 is 22.6 Å². The highest BCUT2D eigenvalue weighted by molar-refractivity contribution is 8.02. The molecule has 3 N–H and O–H groups in total. The summed E-state index contributed by atoms with van der Waals surface area (Å²) < 4.78 is -0.927. The molecule has 4 rings (SSSR count). The number of fused-ring (bicyclic) bond motifs is 1. The van der Waals surface area contributed by atoms with Gasteiger partial charge in [-0.2, -0.15) is 0 Å². The molecule has 2 bridgehead atoms. The van der Waals surface area contributed by atoms with Crippen LogP contribution in [0.2, 0.25) is 0 Å². The Labute approximate surface area is 225 Å². The Morgan fingerprint density at radius 3 is 2.57 bits per heavy atom. The maximum atomic E-state index is 14.1. The normalized spacial score (nSPS) is 30.9. The molecule has 1 spiro atoms. The molecule has 3 aliphatic heterocycles. The molecule has 3 amide bonds. The molecule has 3 aliphatic rings. The van der Waals surface area contributed by atoms with E-state index in [9.17, 15) is 14.4 Å². The zero-order valence-corrected chi connectivity index (χ0v) is 23.3. The first kappa shape index (κ1) is 28.0.